The fourth-order valence-electron chi connectivity index (χ4n) is 6.83. The zero-order valence-corrected chi connectivity index (χ0v) is 22.3. The molecule has 0 aliphatic rings. The van der Waals surface area contributed by atoms with Crippen molar-refractivity contribution in [3.05, 3.63) is 146 Å². The number of furan rings is 1. The summed E-state index contributed by atoms with van der Waals surface area (Å²) < 4.78 is 6.44. The molecule has 0 spiro atoms. The van der Waals surface area contributed by atoms with E-state index in [4.69, 9.17) is 4.42 Å². The lowest BCUT2D eigenvalue weighted by Crippen LogP contribution is -1.91. The average molecular weight is 521 g/mol. The summed E-state index contributed by atoms with van der Waals surface area (Å²) in [5.41, 5.74) is 6.89. The normalized spacial score (nSPS) is 11.9. The van der Waals surface area contributed by atoms with E-state index in [1.807, 2.05) is 6.07 Å². The molecule has 0 amide bonds. The average Bonchev–Trinajstić information content (AvgIpc) is 3.42. The standard InChI is InChI=1S/C40H24O/c1-2-11-26-24-27(21-20-25(26)10-1)38-31-13-3-5-15-33(31)39(34-16-6-4-14-32(34)38)30-17-9-18-35-28(30)22-23-36-29-12-7-8-19-37(29)41-40(35)36/h1-24H. The molecule has 1 aromatic heterocycles. The molecule has 190 valence electrons. The van der Waals surface area contributed by atoms with Crippen LogP contribution in [-0.2, 0) is 0 Å². The monoisotopic (exact) mass is 520 g/mol. The SMILES string of the molecule is c1ccc2cc(-c3c4ccccc4c(-c4cccc5c4ccc4c6ccccc6oc54)c4ccccc34)ccc2c1. The topological polar surface area (TPSA) is 13.1 Å². The van der Waals surface area contributed by atoms with Gasteiger partial charge in [-0.05, 0) is 78.2 Å². The van der Waals surface area contributed by atoms with Gasteiger partial charge in [-0.15, -0.1) is 0 Å². The van der Waals surface area contributed by atoms with E-state index in [1.54, 1.807) is 0 Å². The van der Waals surface area contributed by atoms with Gasteiger partial charge in [-0.2, -0.15) is 0 Å². The van der Waals surface area contributed by atoms with Gasteiger partial charge in [-0.25, -0.2) is 0 Å². The van der Waals surface area contributed by atoms with Crippen molar-refractivity contribution in [1.29, 1.82) is 0 Å². The van der Waals surface area contributed by atoms with Crippen LogP contribution in [0.4, 0.5) is 0 Å². The molecule has 1 nitrogen and oxygen atoms in total. The highest BCUT2D eigenvalue weighted by atomic mass is 16.3. The van der Waals surface area contributed by atoms with Gasteiger partial charge in [-0.1, -0.05) is 127 Å². The van der Waals surface area contributed by atoms with Crippen LogP contribution in [0.2, 0.25) is 0 Å². The molecular weight excluding hydrogens is 496 g/mol. The maximum Gasteiger partial charge on any atom is 0.143 e. The summed E-state index contributed by atoms with van der Waals surface area (Å²) in [5, 5.41) is 12.2. The van der Waals surface area contributed by atoms with Crippen LogP contribution in [-0.4, -0.2) is 0 Å². The molecule has 0 radical (unpaired) electrons. The summed E-state index contributed by atoms with van der Waals surface area (Å²) in [6.07, 6.45) is 0. The third-order valence-electron chi connectivity index (χ3n) is 8.64. The number of hydrogen-bond acceptors (Lipinski definition) is 1. The Balaban J connectivity index is 1.41. The predicted octanol–water partition coefficient (Wildman–Crippen LogP) is 11.5. The lowest BCUT2D eigenvalue weighted by molar-refractivity contribution is 0.672. The van der Waals surface area contributed by atoms with Crippen molar-refractivity contribution >= 4 is 65.0 Å². The van der Waals surface area contributed by atoms with Gasteiger partial charge in [0.15, 0.2) is 0 Å². The molecule has 0 aliphatic heterocycles. The molecule has 0 atom stereocenters. The molecule has 0 saturated carbocycles. The minimum Gasteiger partial charge on any atom is -0.455 e. The Kier molecular flexibility index (Phi) is 4.67. The highest BCUT2D eigenvalue weighted by molar-refractivity contribution is 6.25. The summed E-state index contributed by atoms with van der Waals surface area (Å²) in [6, 6.07) is 52.6. The first-order valence-corrected chi connectivity index (χ1v) is 14.1. The van der Waals surface area contributed by atoms with Crippen LogP contribution >= 0.6 is 0 Å². The first-order valence-electron chi connectivity index (χ1n) is 14.1. The minimum atomic E-state index is 0.927. The summed E-state index contributed by atoms with van der Waals surface area (Å²) in [5.74, 6) is 0. The first kappa shape index (κ1) is 22.4. The van der Waals surface area contributed by atoms with E-state index in [-0.39, 0.29) is 0 Å². The molecule has 0 aliphatic carbocycles. The van der Waals surface area contributed by atoms with E-state index >= 15 is 0 Å². The molecule has 0 bridgehead atoms. The molecule has 0 unspecified atom stereocenters. The van der Waals surface area contributed by atoms with E-state index in [0.29, 0.717) is 0 Å². The van der Waals surface area contributed by atoms with Crippen molar-refractivity contribution in [3.8, 4) is 22.3 Å². The Bertz CT molecular complexity index is 2420. The van der Waals surface area contributed by atoms with Crippen LogP contribution < -0.4 is 0 Å². The minimum absolute atomic E-state index is 0.927. The Morgan fingerprint density at radius 2 is 0.902 bits per heavy atom. The molecule has 41 heavy (non-hydrogen) atoms. The van der Waals surface area contributed by atoms with Gasteiger partial charge in [0.05, 0.1) is 0 Å². The van der Waals surface area contributed by atoms with Gasteiger partial charge in [0.1, 0.15) is 11.2 Å². The van der Waals surface area contributed by atoms with Gasteiger partial charge >= 0.3 is 0 Å². The summed E-state index contributed by atoms with van der Waals surface area (Å²) >= 11 is 0. The molecule has 8 aromatic carbocycles. The van der Waals surface area contributed by atoms with Crippen LogP contribution in [0.5, 0.6) is 0 Å². The lowest BCUT2D eigenvalue weighted by atomic mass is 9.84. The highest BCUT2D eigenvalue weighted by Gasteiger charge is 2.19. The van der Waals surface area contributed by atoms with Crippen LogP contribution in [0.25, 0.3) is 87.3 Å². The quantitative estimate of drug-likeness (QED) is 0.207. The third kappa shape index (κ3) is 3.24. The number of hydrogen-bond donors (Lipinski definition) is 0. The third-order valence-corrected chi connectivity index (χ3v) is 8.64. The van der Waals surface area contributed by atoms with Crippen molar-refractivity contribution in [2.45, 2.75) is 0 Å². The zero-order valence-electron chi connectivity index (χ0n) is 22.3. The van der Waals surface area contributed by atoms with Crippen LogP contribution in [0.1, 0.15) is 0 Å². The fourth-order valence-corrected chi connectivity index (χ4v) is 6.83. The van der Waals surface area contributed by atoms with Gasteiger partial charge in [0, 0.05) is 16.2 Å². The Morgan fingerprint density at radius 3 is 1.66 bits per heavy atom. The van der Waals surface area contributed by atoms with Gasteiger partial charge in [0.2, 0.25) is 0 Å². The Labute approximate surface area is 236 Å². The summed E-state index contributed by atoms with van der Waals surface area (Å²) in [6.45, 7) is 0. The molecule has 9 aromatic rings. The molecule has 0 fully saturated rings. The highest BCUT2D eigenvalue weighted by Crippen LogP contribution is 2.46. The van der Waals surface area contributed by atoms with E-state index in [1.165, 1.54) is 60.0 Å². The summed E-state index contributed by atoms with van der Waals surface area (Å²) in [4.78, 5) is 0. The molecule has 9 rings (SSSR count). The van der Waals surface area contributed by atoms with E-state index in [9.17, 15) is 0 Å². The van der Waals surface area contributed by atoms with Gasteiger partial charge < -0.3 is 4.42 Å². The molecule has 0 saturated heterocycles. The Morgan fingerprint density at radius 1 is 0.341 bits per heavy atom. The second-order valence-corrected chi connectivity index (χ2v) is 10.8. The maximum absolute atomic E-state index is 6.44. The number of benzene rings is 8. The number of para-hydroxylation sites is 1. The lowest BCUT2D eigenvalue weighted by Gasteiger charge is -2.19. The van der Waals surface area contributed by atoms with E-state index in [0.717, 1.165) is 27.3 Å². The van der Waals surface area contributed by atoms with Crippen LogP contribution in [0.15, 0.2) is 150 Å². The van der Waals surface area contributed by atoms with Crippen molar-refractivity contribution < 1.29 is 4.42 Å². The fraction of sp³-hybridized carbons (Fsp3) is 0. The van der Waals surface area contributed by atoms with Crippen molar-refractivity contribution in [3.63, 3.8) is 0 Å². The largest absolute Gasteiger partial charge is 0.455 e. The van der Waals surface area contributed by atoms with Gasteiger partial charge in [-0.3, -0.25) is 0 Å². The van der Waals surface area contributed by atoms with Crippen LogP contribution in [0, 0.1) is 0 Å². The van der Waals surface area contributed by atoms with Crippen molar-refractivity contribution in [2.24, 2.45) is 0 Å². The molecule has 1 heteroatoms. The van der Waals surface area contributed by atoms with Crippen molar-refractivity contribution in [1.82, 2.24) is 0 Å². The van der Waals surface area contributed by atoms with E-state index < -0.39 is 0 Å². The molecule has 0 N–H and O–H groups in total. The summed E-state index contributed by atoms with van der Waals surface area (Å²) in [7, 11) is 0. The van der Waals surface area contributed by atoms with Gasteiger partial charge in [0.25, 0.3) is 0 Å². The molecular formula is C40H24O. The smallest absolute Gasteiger partial charge is 0.143 e. The Hall–Kier alpha value is -5.40. The zero-order chi connectivity index (χ0) is 26.9. The molecule has 1 heterocycles. The number of fused-ring (bicyclic) bond motifs is 8. The predicted molar refractivity (Wildman–Crippen MR) is 175 cm³/mol. The first-order chi connectivity index (χ1) is 20.3. The van der Waals surface area contributed by atoms with Crippen LogP contribution in [0.3, 0.4) is 0 Å². The van der Waals surface area contributed by atoms with E-state index in [2.05, 4.69) is 140 Å². The second kappa shape index (κ2) is 8.55. The number of rotatable bonds is 2. The second-order valence-electron chi connectivity index (χ2n) is 10.8. The van der Waals surface area contributed by atoms with Crippen molar-refractivity contribution in [2.75, 3.05) is 0 Å². The maximum atomic E-state index is 6.44.